The van der Waals surface area contributed by atoms with Crippen LogP contribution in [0.15, 0.2) is 30.7 Å². The third-order valence-corrected chi connectivity index (χ3v) is 3.44. The molecule has 0 aliphatic carbocycles. The molecule has 2 heterocycles. The second kappa shape index (κ2) is 5.50. The smallest absolute Gasteiger partial charge is 0.0920 e. The topological polar surface area (TPSA) is 56.7 Å². The molecule has 0 aliphatic heterocycles. The van der Waals surface area contributed by atoms with E-state index in [-0.39, 0.29) is 12.1 Å². The summed E-state index contributed by atoms with van der Waals surface area (Å²) in [6.07, 6.45) is 6.23. The number of aryl methyl sites for hydroxylation is 1. The van der Waals surface area contributed by atoms with E-state index in [1.165, 1.54) is 0 Å². The second-order valence-corrected chi connectivity index (χ2v) is 4.75. The first-order chi connectivity index (χ1) is 8.63. The Labute approximate surface area is 112 Å². The Hall–Kier alpha value is -1.39. The predicted octanol–water partition coefficient (Wildman–Crippen LogP) is 2.57. The van der Waals surface area contributed by atoms with Gasteiger partial charge in [-0.15, -0.1) is 0 Å². The monoisotopic (exact) mass is 264 g/mol. The lowest BCUT2D eigenvalue weighted by Gasteiger charge is -2.23. The number of nitrogens with zero attached hydrogens (tertiary/aromatic N) is 3. The molecule has 2 N–H and O–H groups in total. The van der Waals surface area contributed by atoms with E-state index in [0.29, 0.717) is 5.02 Å². The SMILES string of the molecule is CCC(N)C(c1ccncc1)n1cc(Cl)c(C)n1. The fourth-order valence-corrected chi connectivity index (χ4v) is 2.12. The largest absolute Gasteiger partial charge is 0.326 e. The van der Waals surface area contributed by atoms with Crippen molar-refractivity contribution in [1.29, 1.82) is 0 Å². The Bertz CT molecular complexity index is 489. The van der Waals surface area contributed by atoms with E-state index in [2.05, 4.69) is 17.0 Å². The average Bonchev–Trinajstić information content (AvgIpc) is 2.70. The molecule has 0 amide bonds. The first kappa shape index (κ1) is 13.1. The van der Waals surface area contributed by atoms with Gasteiger partial charge in [-0.3, -0.25) is 9.67 Å². The highest BCUT2D eigenvalue weighted by Gasteiger charge is 2.22. The lowest BCUT2D eigenvalue weighted by Crippen LogP contribution is -2.32. The van der Waals surface area contributed by atoms with Crippen LogP contribution in [-0.2, 0) is 0 Å². The quantitative estimate of drug-likeness (QED) is 0.923. The summed E-state index contributed by atoms with van der Waals surface area (Å²) in [5, 5.41) is 5.10. The van der Waals surface area contributed by atoms with Gasteiger partial charge in [0.15, 0.2) is 0 Å². The maximum absolute atomic E-state index is 6.22. The first-order valence-corrected chi connectivity index (χ1v) is 6.38. The fourth-order valence-electron chi connectivity index (χ4n) is 1.98. The standard InChI is InChI=1S/C13H17ClN4/c1-3-12(15)13(10-4-6-16-7-5-10)18-8-11(14)9(2)17-18/h4-8,12-13H,3,15H2,1-2H3. The van der Waals surface area contributed by atoms with Crippen LogP contribution in [0.1, 0.15) is 30.6 Å². The van der Waals surface area contributed by atoms with Crippen LogP contribution in [0.2, 0.25) is 5.02 Å². The zero-order valence-corrected chi connectivity index (χ0v) is 11.3. The third kappa shape index (κ3) is 2.54. The molecule has 5 heteroatoms. The first-order valence-electron chi connectivity index (χ1n) is 6.00. The van der Waals surface area contributed by atoms with Crippen molar-refractivity contribution in [2.45, 2.75) is 32.4 Å². The van der Waals surface area contributed by atoms with Gasteiger partial charge in [-0.2, -0.15) is 5.10 Å². The number of hydrogen-bond acceptors (Lipinski definition) is 3. The summed E-state index contributed by atoms with van der Waals surface area (Å²) >= 11 is 6.07. The van der Waals surface area contributed by atoms with Gasteiger partial charge in [-0.05, 0) is 31.0 Å². The summed E-state index contributed by atoms with van der Waals surface area (Å²) in [5.74, 6) is 0. The molecule has 4 nitrogen and oxygen atoms in total. The minimum absolute atomic E-state index is 0.0100. The molecule has 0 fully saturated rings. The molecule has 0 saturated carbocycles. The molecule has 2 aromatic heterocycles. The minimum atomic E-state index is -0.0113. The summed E-state index contributed by atoms with van der Waals surface area (Å²) in [5.41, 5.74) is 8.13. The van der Waals surface area contributed by atoms with Crippen LogP contribution in [-0.4, -0.2) is 20.8 Å². The van der Waals surface area contributed by atoms with Gasteiger partial charge in [0.2, 0.25) is 0 Å². The number of aromatic nitrogens is 3. The Balaban J connectivity index is 2.43. The van der Waals surface area contributed by atoms with Crippen molar-refractivity contribution in [3.05, 3.63) is 47.0 Å². The van der Waals surface area contributed by atoms with E-state index in [1.807, 2.05) is 29.9 Å². The number of rotatable bonds is 4. The van der Waals surface area contributed by atoms with E-state index >= 15 is 0 Å². The number of pyridine rings is 1. The highest BCUT2D eigenvalue weighted by molar-refractivity contribution is 6.31. The second-order valence-electron chi connectivity index (χ2n) is 4.34. The molecule has 18 heavy (non-hydrogen) atoms. The summed E-state index contributed by atoms with van der Waals surface area (Å²) in [7, 11) is 0. The number of hydrogen-bond donors (Lipinski definition) is 1. The van der Waals surface area contributed by atoms with Crippen LogP contribution < -0.4 is 5.73 Å². The van der Waals surface area contributed by atoms with E-state index < -0.39 is 0 Å². The van der Waals surface area contributed by atoms with Crippen molar-refractivity contribution in [2.75, 3.05) is 0 Å². The molecule has 0 bridgehead atoms. The van der Waals surface area contributed by atoms with Crippen LogP contribution in [0, 0.1) is 6.92 Å². The molecular formula is C13H17ClN4. The summed E-state index contributed by atoms with van der Waals surface area (Å²) in [6.45, 7) is 3.96. The molecule has 0 spiro atoms. The van der Waals surface area contributed by atoms with Crippen LogP contribution in [0.3, 0.4) is 0 Å². The molecule has 0 aliphatic rings. The molecule has 0 aromatic carbocycles. The van der Waals surface area contributed by atoms with Gasteiger partial charge in [0, 0.05) is 24.6 Å². The Morgan fingerprint density at radius 2 is 2.06 bits per heavy atom. The lowest BCUT2D eigenvalue weighted by atomic mass is 9.99. The maximum atomic E-state index is 6.22. The zero-order chi connectivity index (χ0) is 13.1. The molecule has 2 unspecified atom stereocenters. The van der Waals surface area contributed by atoms with Gasteiger partial charge in [0.25, 0.3) is 0 Å². The summed E-state index contributed by atoms with van der Waals surface area (Å²) in [4.78, 5) is 4.03. The van der Waals surface area contributed by atoms with E-state index in [4.69, 9.17) is 17.3 Å². The van der Waals surface area contributed by atoms with Gasteiger partial charge in [-0.25, -0.2) is 0 Å². The van der Waals surface area contributed by atoms with E-state index in [1.54, 1.807) is 12.4 Å². The lowest BCUT2D eigenvalue weighted by molar-refractivity contribution is 0.422. The molecule has 2 aromatic rings. The normalized spacial score (nSPS) is 14.4. The molecule has 0 saturated heterocycles. The number of halogens is 1. The number of nitrogens with two attached hydrogens (primary N) is 1. The molecule has 2 rings (SSSR count). The van der Waals surface area contributed by atoms with Crippen molar-refractivity contribution in [2.24, 2.45) is 5.73 Å². The van der Waals surface area contributed by atoms with E-state index in [9.17, 15) is 0 Å². The van der Waals surface area contributed by atoms with Crippen LogP contribution in [0.5, 0.6) is 0 Å². The van der Waals surface area contributed by atoms with Gasteiger partial charge in [-0.1, -0.05) is 18.5 Å². The van der Waals surface area contributed by atoms with Crippen LogP contribution in [0.25, 0.3) is 0 Å². The zero-order valence-electron chi connectivity index (χ0n) is 10.5. The summed E-state index contributed by atoms with van der Waals surface area (Å²) < 4.78 is 1.85. The van der Waals surface area contributed by atoms with Crippen molar-refractivity contribution in [3.8, 4) is 0 Å². The molecule has 2 atom stereocenters. The predicted molar refractivity (Wildman–Crippen MR) is 72.6 cm³/mol. The van der Waals surface area contributed by atoms with Crippen molar-refractivity contribution in [3.63, 3.8) is 0 Å². The maximum Gasteiger partial charge on any atom is 0.0920 e. The average molecular weight is 265 g/mol. The molecule has 0 radical (unpaired) electrons. The van der Waals surface area contributed by atoms with Gasteiger partial charge in [0.1, 0.15) is 0 Å². The van der Waals surface area contributed by atoms with Crippen molar-refractivity contribution >= 4 is 11.6 Å². The van der Waals surface area contributed by atoms with Gasteiger partial charge in [0.05, 0.1) is 16.8 Å². The Kier molecular flexibility index (Phi) is 3.99. The van der Waals surface area contributed by atoms with Crippen molar-refractivity contribution in [1.82, 2.24) is 14.8 Å². The Morgan fingerprint density at radius 3 is 2.56 bits per heavy atom. The van der Waals surface area contributed by atoms with Crippen molar-refractivity contribution < 1.29 is 0 Å². The molecular weight excluding hydrogens is 248 g/mol. The third-order valence-electron chi connectivity index (χ3n) is 3.07. The highest BCUT2D eigenvalue weighted by atomic mass is 35.5. The van der Waals surface area contributed by atoms with E-state index in [0.717, 1.165) is 17.7 Å². The van der Waals surface area contributed by atoms with Crippen LogP contribution in [0.4, 0.5) is 0 Å². The molecule has 96 valence electrons. The van der Waals surface area contributed by atoms with Gasteiger partial charge >= 0.3 is 0 Å². The Morgan fingerprint density at radius 1 is 1.39 bits per heavy atom. The minimum Gasteiger partial charge on any atom is -0.326 e. The fraction of sp³-hybridized carbons (Fsp3) is 0.385. The van der Waals surface area contributed by atoms with Crippen LogP contribution >= 0.6 is 11.6 Å². The highest BCUT2D eigenvalue weighted by Crippen LogP contribution is 2.24. The van der Waals surface area contributed by atoms with Gasteiger partial charge < -0.3 is 5.73 Å². The summed E-state index contributed by atoms with van der Waals surface area (Å²) in [6, 6.07) is 3.91.